The number of nitrogens with zero attached hydrogens (tertiary/aromatic N) is 6. The molecule has 0 amide bonds. The number of fused-ring (bicyclic) bond motifs is 3. The van der Waals surface area contributed by atoms with Crippen molar-refractivity contribution >= 4 is 21.8 Å². The Labute approximate surface area is 219 Å². The Morgan fingerprint density at radius 3 is 1.37 bits per heavy atom. The van der Waals surface area contributed by atoms with Gasteiger partial charge in [-0.15, -0.1) is 0 Å². The maximum atomic E-state index is 5.18. The van der Waals surface area contributed by atoms with Crippen LogP contribution in [-0.2, 0) is 13.1 Å². The van der Waals surface area contributed by atoms with Gasteiger partial charge in [0.05, 0.1) is 35.5 Å². The van der Waals surface area contributed by atoms with Gasteiger partial charge in [-0.25, -0.2) is 9.97 Å². The zero-order valence-electron chi connectivity index (χ0n) is 20.6. The van der Waals surface area contributed by atoms with Crippen LogP contribution in [0.25, 0.3) is 44.3 Å². The molecule has 7 aromatic rings. The third-order valence-electron chi connectivity index (χ3n) is 6.89. The fourth-order valence-corrected chi connectivity index (χ4v) is 5.02. The van der Waals surface area contributed by atoms with Gasteiger partial charge < -0.3 is 0 Å². The van der Waals surface area contributed by atoms with Crippen LogP contribution in [0.2, 0.25) is 0 Å². The molecule has 0 aliphatic carbocycles. The Morgan fingerprint density at radius 2 is 0.921 bits per heavy atom. The van der Waals surface area contributed by atoms with Crippen molar-refractivity contribution in [1.29, 1.82) is 0 Å². The van der Waals surface area contributed by atoms with E-state index < -0.39 is 0 Å². The third kappa shape index (κ3) is 4.12. The number of hydrogen-bond acceptors (Lipinski definition) is 4. The molecule has 6 nitrogen and oxygen atoms in total. The van der Waals surface area contributed by atoms with E-state index in [0.717, 1.165) is 44.3 Å². The normalized spacial score (nSPS) is 11.4. The van der Waals surface area contributed by atoms with Gasteiger partial charge in [0.25, 0.3) is 0 Å². The molecular formula is C32H24N6. The summed E-state index contributed by atoms with van der Waals surface area (Å²) in [4.78, 5) is 10.4. The molecule has 0 atom stereocenters. The van der Waals surface area contributed by atoms with E-state index in [0.29, 0.717) is 13.1 Å². The fraction of sp³-hybridized carbons (Fsp3) is 0.0625. The first-order valence-electron chi connectivity index (χ1n) is 12.6. The molecule has 4 heterocycles. The smallest absolute Gasteiger partial charge is 0.0972 e. The van der Waals surface area contributed by atoms with Crippen LogP contribution >= 0.6 is 0 Å². The van der Waals surface area contributed by atoms with Gasteiger partial charge >= 0.3 is 0 Å². The minimum Gasteiger partial charge on any atom is -0.268 e. The lowest BCUT2D eigenvalue weighted by Crippen LogP contribution is -2.02. The lowest BCUT2D eigenvalue weighted by molar-refractivity contribution is 0.687. The van der Waals surface area contributed by atoms with Crippen LogP contribution in [0, 0.1) is 0 Å². The van der Waals surface area contributed by atoms with Crippen LogP contribution in [0.3, 0.4) is 0 Å². The second kappa shape index (κ2) is 9.41. The lowest BCUT2D eigenvalue weighted by atomic mass is 10.0. The number of benzene rings is 3. The molecule has 0 bridgehead atoms. The standard InChI is InChI=1S/C32H24N6/c1-3-9-27(25(7-1)21-37-19-5-17-33-37)29-15-13-23-11-12-24-14-16-30(36-32(24)31(23)35-29)28-10-4-2-8-26(28)22-38-20-6-18-34-38/h1-20H,21-22H2. The molecule has 0 unspecified atom stereocenters. The highest BCUT2D eigenvalue weighted by Gasteiger charge is 2.13. The quantitative estimate of drug-likeness (QED) is 0.245. The topological polar surface area (TPSA) is 61.4 Å². The summed E-state index contributed by atoms with van der Waals surface area (Å²) >= 11 is 0. The summed E-state index contributed by atoms with van der Waals surface area (Å²) in [5, 5.41) is 10.9. The van der Waals surface area contributed by atoms with Crippen molar-refractivity contribution in [2.24, 2.45) is 0 Å². The van der Waals surface area contributed by atoms with E-state index in [4.69, 9.17) is 9.97 Å². The predicted molar refractivity (Wildman–Crippen MR) is 151 cm³/mol. The minimum atomic E-state index is 0.688. The molecule has 7 rings (SSSR count). The molecule has 182 valence electrons. The van der Waals surface area contributed by atoms with Gasteiger partial charge in [-0.1, -0.05) is 72.8 Å². The molecule has 0 N–H and O–H groups in total. The van der Waals surface area contributed by atoms with Crippen molar-refractivity contribution in [1.82, 2.24) is 29.5 Å². The molecule has 0 saturated heterocycles. The monoisotopic (exact) mass is 492 g/mol. The molecule has 0 aliphatic heterocycles. The number of hydrogen-bond donors (Lipinski definition) is 0. The molecule has 0 fully saturated rings. The Morgan fingerprint density at radius 1 is 0.474 bits per heavy atom. The summed E-state index contributed by atoms with van der Waals surface area (Å²) in [6, 6.07) is 33.4. The third-order valence-corrected chi connectivity index (χ3v) is 6.89. The second-order valence-electron chi connectivity index (χ2n) is 9.32. The van der Waals surface area contributed by atoms with E-state index in [1.807, 2.05) is 33.9 Å². The average Bonchev–Trinajstić information content (AvgIpc) is 3.68. The SMILES string of the molecule is c1ccc(-c2ccc3ccc4ccc(-c5ccccc5Cn5cccn5)nc4c3n2)c(Cn2cccn2)c1. The zero-order chi connectivity index (χ0) is 25.3. The Balaban J connectivity index is 1.35. The van der Waals surface area contributed by atoms with E-state index in [1.54, 1.807) is 12.4 Å². The Hall–Kier alpha value is -5.10. The van der Waals surface area contributed by atoms with E-state index in [1.165, 1.54) is 11.1 Å². The highest BCUT2D eigenvalue weighted by Crippen LogP contribution is 2.31. The summed E-state index contributed by atoms with van der Waals surface area (Å²) in [5.74, 6) is 0. The molecular weight excluding hydrogens is 468 g/mol. The Bertz CT molecular complexity index is 1730. The first-order valence-corrected chi connectivity index (χ1v) is 12.6. The van der Waals surface area contributed by atoms with Crippen LogP contribution < -0.4 is 0 Å². The van der Waals surface area contributed by atoms with Gasteiger partial charge in [-0.05, 0) is 35.4 Å². The number of pyridine rings is 2. The Kier molecular flexibility index (Phi) is 5.48. The first-order chi connectivity index (χ1) is 18.8. The van der Waals surface area contributed by atoms with Crippen molar-refractivity contribution in [2.45, 2.75) is 13.1 Å². The largest absolute Gasteiger partial charge is 0.268 e. The summed E-state index contributed by atoms with van der Waals surface area (Å²) in [5.41, 5.74) is 8.21. The fourth-order valence-electron chi connectivity index (χ4n) is 5.02. The van der Waals surface area contributed by atoms with Gasteiger partial charge in [0.2, 0.25) is 0 Å². The molecule has 0 saturated carbocycles. The van der Waals surface area contributed by atoms with Gasteiger partial charge in [0.15, 0.2) is 0 Å². The van der Waals surface area contributed by atoms with Crippen molar-refractivity contribution in [2.75, 3.05) is 0 Å². The van der Waals surface area contributed by atoms with Gasteiger partial charge in [-0.3, -0.25) is 9.36 Å². The lowest BCUT2D eigenvalue weighted by Gasteiger charge is -2.12. The van der Waals surface area contributed by atoms with E-state index in [9.17, 15) is 0 Å². The number of aromatic nitrogens is 6. The summed E-state index contributed by atoms with van der Waals surface area (Å²) in [6.07, 6.45) is 7.57. The molecule has 0 aliphatic rings. The van der Waals surface area contributed by atoms with Gasteiger partial charge in [0.1, 0.15) is 0 Å². The molecule has 4 aromatic heterocycles. The molecule has 3 aromatic carbocycles. The highest BCUT2D eigenvalue weighted by molar-refractivity contribution is 6.04. The molecule has 0 radical (unpaired) electrons. The van der Waals surface area contributed by atoms with Crippen molar-refractivity contribution in [3.05, 3.63) is 133 Å². The first kappa shape index (κ1) is 22.1. The van der Waals surface area contributed by atoms with Gasteiger partial charge in [-0.2, -0.15) is 10.2 Å². The molecule has 6 heteroatoms. The van der Waals surface area contributed by atoms with Gasteiger partial charge in [0, 0.05) is 46.7 Å². The molecule has 38 heavy (non-hydrogen) atoms. The summed E-state index contributed by atoms with van der Waals surface area (Å²) in [6.45, 7) is 1.38. The van der Waals surface area contributed by atoms with Crippen LogP contribution in [0.4, 0.5) is 0 Å². The van der Waals surface area contributed by atoms with Crippen molar-refractivity contribution in [3.8, 4) is 22.5 Å². The van der Waals surface area contributed by atoms with Crippen LogP contribution in [-0.4, -0.2) is 29.5 Å². The van der Waals surface area contributed by atoms with Crippen molar-refractivity contribution in [3.63, 3.8) is 0 Å². The zero-order valence-corrected chi connectivity index (χ0v) is 20.6. The van der Waals surface area contributed by atoms with E-state index in [2.05, 4.69) is 95.1 Å². The second-order valence-corrected chi connectivity index (χ2v) is 9.32. The van der Waals surface area contributed by atoms with Crippen LogP contribution in [0.1, 0.15) is 11.1 Å². The van der Waals surface area contributed by atoms with E-state index >= 15 is 0 Å². The average molecular weight is 493 g/mol. The van der Waals surface area contributed by atoms with E-state index in [-0.39, 0.29) is 0 Å². The van der Waals surface area contributed by atoms with Crippen LogP contribution in [0.5, 0.6) is 0 Å². The van der Waals surface area contributed by atoms with Crippen molar-refractivity contribution < 1.29 is 0 Å². The highest BCUT2D eigenvalue weighted by atomic mass is 15.3. The number of rotatable bonds is 6. The maximum Gasteiger partial charge on any atom is 0.0972 e. The predicted octanol–water partition coefficient (Wildman–Crippen LogP) is 6.61. The molecule has 0 spiro atoms. The minimum absolute atomic E-state index is 0.688. The van der Waals surface area contributed by atoms with Crippen LogP contribution in [0.15, 0.2) is 122 Å². The maximum absolute atomic E-state index is 5.18. The summed E-state index contributed by atoms with van der Waals surface area (Å²) < 4.78 is 3.87. The summed E-state index contributed by atoms with van der Waals surface area (Å²) in [7, 11) is 0.